The first-order valence-corrected chi connectivity index (χ1v) is 9.70. The molecule has 0 aliphatic carbocycles. The van der Waals surface area contributed by atoms with Crippen LogP contribution in [0.2, 0.25) is 0 Å². The predicted octanol–water partition coefficient (Wildman–Crippen LogP) is 4.44. The smallest absolute Gasteiger partial charge is 0.253 e. The van der Waals surface area contributed by atoms with Gasteiger partial charge in [-0.15, -0.1) is 11.3 Å². The number of aromatic nitrogens is 1. The summed E-state index contributed by atoms with van der Waals surface area (Å²) in [5, 5.41) is 1.04. The summed E-state index contributed by atoms with van der Waals surface area (Å²) in [5.41, 5.74) is 2.70. The highest BCUT2D eigenvalue weighted by molar-refractivity contribution is 7.18. The van der Waals surface area contributed by atoms with E-state index in [-0.39, 0.29) is 11.9 Å². The van der Waals surface area contributed by atoms with Gasteiger partial charge in [-0.2, -0.15) is 0 Å². The van der Waals surface area contributed by atoms with Gasteiger partial charge >= 0.3 is 0 Å². The van der Waals surface area contributed by atoms with Gasteiger partial charge in [-0.1, -0.05) is 30.3 Å². The zero-order valence-corrected chi connectivity index (χ0v) is 15.0. The van der Waals surface area contributed by atoms with Gasteiger partial charge in [0.2, 0.25) is 0 Å². The van der Waals surface area contributed by atoms with Gasteiger partial charge in [-0.3, -0.25) is 4.79 Å². The van der Waals surface area contributed by atoms with Crippen LogP contribution in [0, 0.1) is 0 Å². The van der Waals surface area contributed by atoms with E-state index in [1.54, 1.807) is 11.3 Å². The summed E-state index contributed by atoms with van der Waals surface area (Å²) in [6, 6.07) is 16.1. The summed E-state index contributed by atoms with van der Waals surface area (Å²) in [6.07, 6.45) is 3.95. The van der Waals surface area contributed by atoms with E-state index in [0.29, 0.717) is 6.61 Å². The minimum atomic E-state index is 0.0676. The van der Waals surface area contributed by atoms with E-state index in [1.807, 2.05) is 53.4 Å². The van der Waals surface area contributed by atoms with Gasteiger partial charge in [-0.05, 0) is 37.1 Å². The quantitative estimate of drug-likeness (QED) is 0.677. The predicted molar refractivity (Wildman–Crippen MR) is 103 cm³/mol. The van der Waals surface area contributed by atoms with Crippen LogP contribution >= 0.6 is 11.3 Å². The highest BCUT2D eigenvalue weighted by Crippen LogP contribution is 2.38. The number of carbonyl (C=O) groups is 1. The third-order valence-electron chi connectivity index (χ3n) is 5.02. The lowest BCUT2D eigenvalue weighted by atomic mass is 10.1. The molecule has 0 N–H and O–H groups in total. The molecular formula is C21H18N2O2S. The summed E-state index contributed by atoms with van der Waals surface area (Å²) < 4.78 is 6.95. The van der Waals surface area contributed by atoms with E-state index in [1.165, 1.54) is 4.70 Å². The minimum Gasteiger partial charge on any atom is -0.488 e. The number of amides is 1. The Hall–Kier alpha value is -2.66. The monoisotopic (exact) mass is 362 g/mol. The molecule has 3 aromatic rings. The molecule has 1 amide bonds. The first-order valence-electron chi connectivity index (χ1n) is 8.88. The molecule has 2 aromatic carbocycles. The molecule has 1 aromatic heterocycles. The molecule has 2 aliphatic heterocycles. The number of fused-ring (bicyclic) bond motifs is 2. The van der Waals surface area contributed by atoms with E-state index in [2.05, 4.69) is 6.07 Å². The minimum absolute atomic E-state index is 0.0676. The van der Waals surface area contributed by atoms with Crippen molar-refractivity contribution in [3.8, 4) is 5.75 Å². The second-order valence-electron chi connectivity index (χ2n) is 6.67. The maximum Gasteiger partial charge on any atom is 0.253 e. The largest absolute Gasteiger partial charge is 0.488 e. The normalized spacial score (nSPS) is 19.2. The average molecular weight is 362 g/mol. The SMILES string of the molecule is O=C(C1=Cc2ccccc2OC1)N1CCC[C@H]1c1nc2ccccc2s1. The van der Waals surface area contributed by atoms with Crippen molar-refractivity contribution in [3.63, 3.8) is 0 Å². The summed E-state index contributed by atoms with van der Waals surface area (Å²) in [6.45, 7) is 1.11. The van der Waals surface area contributed by atoms with E-state index in [0.717, 1.165) is 46.8 Å². The molecule has 1 fully saturated rings. The van der Waals surface area contributed by atoms with Crippen LogP contribution in [0.3, 0.4) is 0 Å². The zero-order valence-electron chi connectivity index (χ0n) is 14.2. The fraction of sp³-hybridized carbons (Fsp3) is 0.238. The Morgan fingerprint density at radius 2 is 2.00 bits per heavy atom. The highest BCUT2D eigenvalue weighted by Gasteiger charge is 2.34. The Morgan fingerprint density at radius 3 is 2.92 bits per heavy atom. The Bertz CT molecular complexity index is 991. The van der Waals surface area contributed by atoms with Gasteiger partial charge in [0.15, 0.2) is 0 Å². The number of thiazole rings is 1. The van der Waals surface area contributed by atoms with Crippen molar-refractivity contribution in [2.75, 3.05) is 13.2 Å². The lowest BCUT2D eigenvalue weighted by molar-refractivity contribution is -0.128. The number of hydrogen-bond donors (Lipinski definition) is 0. The topological polar surface area (TPSA) is 42.4 Å². The van der Waals surface area contributed by atoms with E-state index in [9.17, 15) is 4.79 Å². The van der Waals surface area contributed by atoms with Crippen molar-refractivity contribution < 1.29 is 9.53 Å². The third kappa shape index (κ3) is 2.59. The standard InChI is InChI=1S/C21H18N2O2S/c24-21(15-12-14-6-1-3-9-18(14)25-13-15)23-11-5-8-17(23)20-22-16-7-2-4-10-19(16)26-20/h1-4,6-7,9-10,12,17H,5,8,11,13H2/t17-/m0/s1. The van der Waals surface area contributed by atoms with Crippen molar-refractivity contribution in [2.45, 2.75) is 18.9 Å². The Labute approximate surface area is 155 Å². The molecule has 0 spiro atoms. The third-order valence-corrected chi connectivity index (χ3v) is 6.15. The Kier molecular flexibility index (Phi) is 3.75. The summed E-state index contributed by atoms with van der Waals surface area (Å²) in [5.74, 6) is 0.912. The van der Waals surface area contributed by atoms with E-state index < -0.39 is 0 Å². The molecule has 5 heteroatoms. The number of nitrogens with zero attached hydrogens (tertiary/aromatic N) is 2. The molecule has 1 atom stereocenters. The number of ether oxygens (including phenoxy) is 1. The molecule has 0 bridgehead atoms. The first-order chi connectivity index (χ1) is 12.8. The van der Waals surface area contributed by atoms with Gasteiger partial charge in [0, 0.05) is 12.1 Å². The van der Waals surface area contributed by atoms with Gasteiger partial charge in [0.05, 0.1) is 21.8 Å². The first kappa shape index (κ1) is 15.6. The van der Waals surface area contributed by atoms with Gasteiger partial charge in [0.1, 0.15) is 17.4 Å². The molecule has 4 nitrogen and oxygen atoms in total. The number of hydrogen-bond acceptors (Lipinski definition) is 4. The van der Waals surface area contributed by atoms with Gasteiger partial charge in [-0.25, -0.2) is 4.98 Å². The summed E-state index contributed by atoms with van der Waals surface area (Å²) in [7, 11) is 0. The molecular weight excluding hydrogens is 344 g/mol. The van der Waals surface area contributed by atoms with Crippen molar-refractivity contribution in [2.24, 2.45) is 0 Å². The Morgan fingerprint density at radius 1 is 1.15 bits per heavy atom. The van der Waals surface area contributed by atoms with Crippen LogP contribution in [0.25, 0.3) is 16.3 Å². The van der Waals surface area contributed by atoms with E-state index in [4.69, 9.17) is 9.72 Å². The van der Waals surface area contributed by atoms with Gasteiger partial charge < -0.3 is 9.64 Å². The van der Waals surface area contributed by atoms with Crippen LogP contribution in [-0.4, -0.2) is 28.9 Å². The van der Waals surface area contributed by atoms with Crippen molar-refractivity contribution in [1.29, 1.82) is 0 Å². The molecule has 5 rings (SSSR count). The Balaban J connectivity index is 1.45. The second-order valence-corrected chi connectivity index (χ2v) is 7.73. The highest BCUT2D eigenvalue weighted by atomic mass is 32.1. The molecule has 3 heterocycles. The summed E-state index contributed by atoms with van der Waals surface area (Å²) >= 11 is 1.70. The molecule has 2 aliphatic rings. The van der Waals surface area contributed by atoms with Crippen LogP contribution in [0.1, 0.15) is 29.5 Å². The van der Waals surface area contributed by atoms with Gasteiger partial charge in [0.25, 0.3) is 5.91 Å². The molecule has 26 heavy (non-hydrogen) atoms. The summed E-state index contributed by atoms with van der Waals surface area (Å²) in [4.78, 5) is 19.9. The lowest BCUT2D eigenvalue weighted by Gasteiger charge is -2.26. The number of rotatable bonds is 2. The molecule has 0 unspecified atom stereocenters. The van der Waals surface area contributed by atoms with Crippen molar-refractivity contribution in [3.05, 3.63) is 64.7 Å². The van der Waals surface area contributed by atoms with Crippen molar-refractivity contribution in [1.82, 2.24) is 9.88 Å². The maximum atomic E-state index is 13.2. The number of carbonyl (C=O) groups excluding carboxylic acids is 1. The second kappa shape index (κ2) is 6.25. The zero-order chi connectivity index (χ0) is 17.5. The molecule has 0 radical (unpaired) electrons. The fourth-order valence-electron chi connectivity index (χ4n) is 3.72. The number of benzene rings is 2. The fourth-order valence-corrected chi connectivity index (χ4v) is 4.84. The molecule has 0 saturated carbocycles. The lowest BCUT2D eigenvalue weighted by Crippen LogP contribution is -2.33. The van der Waals surface area contributed by atoms with Crippen LogP contribution in [0.5, 0.6) is 5.75 Å². The number of likely N-dealkylation sites (tertiary alicyclic amines) is 1. The number of para-hydroxylation sites is 2. The van der Waals surface area contributed by atoms with Crippen LogP contribution in [0.15, 0.2) is 54.1 Å². The van der Waals surface area contributed by atoms with Crippen LogP contribution in [-0.2, 0) is 4.79 Å². The van der Waals surface area contributed by atoms with Crippen LogP contribution in [0.4, 0.5) is 0 Å². The van der Waals surface area contributed by atoms with Crippen molar-refractivity contribution >= 4 is 33.5 Å². The average Bonchev–Trinajstić information content (AvgIpc) is 3.33. The molecule has 1 saturated heterocycles. The van der Waals surface area contributed by atoms with Crippen LogP contribution < -0.4 is 4.74 Å². The maximum absolute atomic E-state index is 13.2. The molecule has 130 valence electrons. The van der Waals surface area contributed by atoms with E-state index >= 15 is 0 Å².